The van der Waals surface area contributed by atoms with Crippen molar-refractivity contribution in [1.29, 1.82) is 0 Å². The molecule has 0 aliphatic rings. The Hall–Kier alpha value is -4.71. The minimum Gasteiger partial charge on any atom is -0.286 e. The molecule has 0 saturated heterocycles. The summed E-state index contributed by atoms with van der Waals surface area (Å²) in [6, 6.07) is 5.67. The van der Waals surface area contributed by atoms with Crippen molar-refractivity contribution in [3.63, 3.8) is 0 Å². The van der Waals surface area contributed by atoms with Crippen LogP contribution in [-0.2, 0) is 27.9 Å². The van der Waals surface area contributed by atoms with E-state index in [0.717, 1.165) is 24.3 Å². The highest BCUT2D eigenvalue weighted by molar-refractivity contribution is 7.86. The summed E-state index contributed by atoms with van der Waals surface area (Å²) in [6.45, 7) is 9.14. The van der Waals surface area contributed by atoms with E-state index >= 15 is 0 Å². The molecular formula is C29H26F6N4O7S. The SMILES string of the molecule is CC(C)(C)c1ccc(-c2ccc(-n3o[nH]c4cc5c(c(S(=O)(=O)O)c4c3=O)c(=O)n5N=O)cc2C(F)(F)F)c(C(F)(F)F)c1.CCC. The Bertz CT molecular complexity index is 2250. The fourth-order valence-corrected chi connectivity index (χ4v) is 5.73. The summed E-state index contributed by atoms with van der Waals surface area (Å²) in [5, 5.41) is 2.77. The molecule has 2 N–H and O–H groups in total. The topological polar surface area (TPSA) is 157 Å². The molecule has 0 bridgehead atoms. The number of hydrogen-bond acceptors (Lipinski definition) is 7. The van der Waals surface area contributed by atoms with E-state index in [4.69, 9.17) is 4.63 Å². The molecule has 0 aliphatic carbocycles. The van der Waals surface area contributed by atoms with Gasteiger partial charge in [-0.15, -0.1) is 9.65 Å². The van der Waals surface area contributed by atoms with Gasteiger partial charge in [0, 0.05) is 0 Å². The monoisotopic (exact) mass is 688 g/mol. The zero-order chi connectivity index (χ0) is 35.4. The summed E-state index contributed by atoms with van der Waals surface area (Å²) in [4.78, 5) is 35.4. The lowest BCUT2D eigenvalue weighted by Gasteiger charge is -2.23. The first-order valence-corrected chi connectivity index (χ1v) is 15.1. The quantitative estimate of drug-likeness (QED) is 0.113. The van der Waals surface area contributed by atoms with Crippen molar-refractivity contribution in [1.82, 2.24) is 14.6 Å². The van der Waals surface area contributed by atoms with E-state index in [2.05, 4.69) is 24.3 Å². The molecular weight excluding hydrogens is 662 g/mol. The van der Waals surface area contributed by atoms with E-state index in [1.54, 1.807) is 20.8 Å². The third kappa shape index (κ3) is 6.34. The summed E-state index contributed by atoms with van der Waals surface area (Å²) >= 11 is 0. The van der Waals surface area contributed by atoms with Gasteiger partial charge in [-0.05, 0) is 46.4 Å². The molecule has 0 spiro atoms. The lowest BCUT2D eigenvalue weighted by Crippen LogP contribution is -2.28. The average molecular weight is 689 g/mol. The number of hydrogen-bond donors (Lipinski definition) is 2. The van der Waals surface area contributed by atoms with Gasteiger partial charge in [0.15, 0.2) is 0 Å². The minimum absolute atomic E-state index is 0.148. The zero-order valence-corrected chi connectivity index (χ0v) is 26.0. The number of alkyl halides is 6. The third-order valence-electron chi connectivity index (χ3n) is 6.90. The highest BCUT2D eigenvalue weighted by atomic mass is 32.2. The van der Waals surface area contributed by atoms with Crippen LogP contribution in [0.15, 0.2) is 66.9 Å². The highest BCUT2D eigenvalue weighted by Crippen LogP contribution is 2.44. The zero-order valence-electron chi connectivity index (χ0n) is 25.2. The summed E-state index contributed by atoms with van der Waals surface area (Å²) in [5.74, 6) is 0. The van der Waals surface area contributed by atoms with Gasteiger partial charge in [0.1, 0.15) is 4.90 Å². The summed E-state index contributed by atoms with van der Waals surface area (Å²) in [6.07, 6.45) is -9.06. The van der Waals surface area contributed by atoms with Crippen molar-refractivity contribution in [2.45, 2.75) is 63.7 Å². The van der Waals surface area contributed by atoms with Crippen LogP contribution in [-0.4, -0.2) is 27.5 Å². The number of nitrogens with zero attached hydrogens (tertiary/aromatic N) is 3. The standard InChI is InChI=1S/C26H18F6N4O7S.C3H8/c1-24(2,3)11-4-6-13(15(8-11)25(27,28)29)14-7-5-12(9-16(14)26(30,31)32)36-23(38)19-17(33-43-36)10-18-20(21(19)44(40,41)42)22(37)35(18)34-39;1-3-2/h4-10,33H,1-3H3,(H,40,41,42);3H2,1-2H3. The maximum Gasteiger partial charge on any atom is 0.417 e. The van der Waals surface area contributed by atoms with E-state index in [0.29, 0.717) is 12.1 Å². The van der Waals surface area contributed by atoms with Gasteiger partial charge >= 0.3 is 12.4 Å². The van der Waals surface area contributed by atoms with Crippen LogP contribution in [0.2, 0.25) is 0 Å². The van der Waals surface area contributed by atoms with Crippen LogP contribution in [0, 0.1) is 4.91 Å². The number of H-pyrrole nitrogens is 1. The van der Waals surface area contributed by atoms with Gasteiger partial charge < -0.3 is 0 Å². The Kier molecular flexibility index (Phi) is 8.84. The van der Waals surface area contributed by atoms with Gasteiger partial charge in [0.05, 0.1) is 43.9 Å². The second kappa shape index (κ2) is 11.8. The van der Waals surface area contributed by atoms with Gasteiger partial charge in [-0.25, -0.2) is 0 Å². The van der Waals surface area contributed by atoms with Crippen molar-refractivity contribution in [3.05, 3.63) is 84.8 Å². The van der Waals surface area contributed by atoms with Crippen molar-refractivity contribution in [2.24, 2.45) is 5.29 Å². The lowest BCUT2D eigenvalue weighted by molar-refractivity contribution is -0.139. The van der Waals surface area contributed by atoms with Crippen LogP contribution in [0.1, 0.15) is 57.7 Å². The maximum atomic E-state index is 14.3. The molecule has 18 heteroatoms. The maximum absolute atomic E-state index is 14.3. The number of aromatic amines is 1. The molecule has 11 nitrogen and oxygen atoms in total. The van der Waals surface area contributed by atoms with E-state index < -0.39 is 93.6 Å². The van der Waals surface area contributed by atoms with Crippen LogP contribution in [0.3, 0.4) is 0 Å². The van der Waals surface area contributed by atoms with Gasteiger partial charge in [-0.2, -0.15) is 44.6 Å². The van der Waals surface area contributed by atoms with Crippen molar-refractivity contribution >= 4 is 31.9 Å². The molecule has 0 aliphatic heterocycles. The van der Waals surface area contributed by atoms with E-state index in [-0.39, 0.29) is 15.0 Å². The van der Waals surface area contributed by atoms with Crippen LogP contribution in [0.5, 0.6) is 0 Å². The number of nitroso groups, excluding NO2 is 1. The fourth-order valence-electron chi connectivity index (χ4n) is 4.83. The molecule has 47 heavy (non-hydrogen) atoms. The van der Waals surface area contributed by atoms with Crippen LogP contribution in [0.25, 0.3) is 38.6 Å². The highest BCUT2D eigenvalue weighted by Gasteiger charge is 2.40. The van der Waals surface area contributed by atoms with E-state index in [9.17, 15) is 53.8 Å². The molecule has 3 aromatic carbocycles. The number of fused-ring (bicyclic) bond motifs is 2. The molecule has 0 atom stereocenters. The number of aromatic nitrogens is 3. The Morgan fingerprint density at radius 1 is 0.851 bits per heavy atom. The molecule has 0 unspecified atom stereocenters. The first-order valence-electron chi connectivity index (χ1n) is 13.6. The van der Waals surface area contributed by atoms with Crippen molar-refractivity contribution < 1.29 is 43.9 Å². The smallest absolute Gasteiger partial charge is 0.286 e. The molecule has 5 rings (SSSR count). The summed E-state index contributed by atoms with van der Waals surface area (Å²) in [5.41, 5.74) is -9.55. The lowest BCUT2D eigenvalue weighted by atomic mass is 9.83. The van der Waals surface area contributed by atoms with E-state index in [1.807, 2.05) is 0 Å². The number of rotatable bonds is 4. The molecule has 0 amide bonds. The molecule has 0 saturated carbocycles. The molecule has 2 aromatic heterocycles. The van der Waals surface area contributed by atoms with Crippen molar-refractivity contribution in [2.75, 3.05) is 0 Å². The molecule has 0 radical (unpaired) electrons. The fraction of sp³-hybridized carbons (Fsp3) is 0.310. The van der Waals surface area contributed by atoms with Crippen molar-refractivity contribution in [3.8, 4) is 16.8 Å². The Balaban J connectivity index is 0.00000160. The Morgan fingerprint density at radius 3 is 1.87 bits per heavy atom. The van der Waals surface area contributed by atoms with Crippen LogP contribution >= 0.6 is 0 Å². The molecule has 0 fully saturated rings. The Morgan fingerprint density at radius 2 is 1.38 bits per heavy atom. The van der Waals surface area contributed by atoms with Gasteiger partial charge in [-0.1, -0.05) is 59.2 Å². The number of benzene rings is 3. The van der Waals surface area contributed by atoms with Gasteiger partial charge in [0.2, 0.25) is 0 Å². The second-order valence-electron chi connectivity index (χ2n) is 11.4. The predicted molar refractivity (Wildman–Crippen MR) is 159 cm³/mol. The predicted octanol–water partition coefficient (Wildman–Crippen LogP) is 7.42. The number of nitrogens with one attached hydrogen (secondary N) is 1. The Labute approximate surface area is 261 Å². The number of halogens is 6. The summed E-state index contributed by atoms with van der Waals surface area (Å²) < 4.78 is 125. The van der Waals surface area contributed by atoms with Crippen LogP contribution < -0.4 is 11.1 Å². The molecule has 252 valence electrons. The second-order valence-corrected chi connectivity index (χ2v) is 12.8. The van der Waals surface area contributed by atoms with E-state index in [1.165, 1.54) is 12.5 Å². The largest absolute Gasteiger partial charge is 0.417 e. The first kappa shape index (κ1) is 35.1. The minimum atomic E-state index is -5.38. The first-order chi connectivity index (χ1) is 21.6. The normalized spacial score (nSPS) is 12.8. The molecule has 5 aromatic rings. The van der Waals surface area contributed by atoms with Crippen LogP contribution in [0.4, 0.5) is 26.3 Å². The molecule has 2 heterocycles. The average Bonchev–Trinajstić information content (AvgIpc) is 2.94. The summed E-state index contributed by atoms with van der Waals surface area (Å²) in [7, 11) is -5.38. The van der Waals surface area contributed by atoms with Gasteiger partial charge in [-0.3, -0.25) is 18.8 Å². The van der Waals surface area contributed by atoms with Gasteiger partial charge in [0.25, 0.3) is 21.2 Å². The third-order valence-corrected chi connectivity index (χ3v) is 7.83.